The molecule has 0 spiro atoms. The summed E-state index contributed by atoms with van der Waals surface area (Å²) < 4.78 is 42.7. The fourth-order valence-corrected chi connectivity index (χ4v) is 5.00. The molecule has 132 valence electrons. The Morgan fingerprint density at radius 1 is 1.25 bits per heavy atom. The molecule has 0 aliphatic rings. The van der Waals surface area contributed by atoms with Crippen molar-refractivity contribution in [3.05, 3.63) is 39.2 Å². The van der Waals surface area contributed by atoms with Crippen LogP contribution in [0.3, 0.4) is 0 Å². The first-order valence-electron chi connectivity index (χ1n) is 7.16. The van der Waals surface area contributed by atoms with Crippen LogP contribution in [-0.4, -0.2) is 39.8 Å². The number of hydrogen-bond acceptors (Lipinski definition) is 6. The molecule has 0 saturated carbocycles. The van der Waals surface area contributed by atoms with Crippen LogP contribution in [0.1, 0.15) is 10.4 Å². The van der Waals surface area contributed by atoms with Gasteiger partial charge in [-0.3, -0.25) is 0 Å². The Balaban J connectivity index is 2.41. The molecule has 9 heteroatoms. The van der Waals surface area contributed by atoms with Crippen molar-refractivity contribution in [1.29, 1.82) is 0 Å². The predicted octanol–water partition coefficient (Wildman–Crippen LogP) is 3.34. The van der Waals surface area contributed by atoms with E-state index in [1.807, 2.05) is 13.8 Å². The summed E-state index contributed by atoms with van der Waals surface area (Å²) in [7, 11) is -2.25. The molecule has 0 fully saturated rings. The number of benzene rings is 1. The third kappa shape index (κ3) is 4.15. The van der Waals surface area contributed by atoms with E-state index in [1.54, 1.807) is 31.4 Å². The van der Waals surface area contributed by atoms with Crippen molar-refractivity contribution in [2.75, 3.05) is 31.4 Å². The molecule has 0 bridgehead atoms. The van der Waals surface area contributed by atoms with Gasteiger partial charge in [-0.15, -0.1) is 0 Å². The van der Waals surface area contributed by atoms with Crippen LogP contribution in [0.4, 0.5) is 5.82 Å². The molecule has 24 heavy (non-hydrogen) atoms. The predicted molar refractivity (Wildman–Crippen MR) is 98.1 cm³/mol. The van der Waals surface area contributed by atoms with Crippen molar-refractivity contribution < 1.29 is 17.9 Å². The highest BCUT2D eigenvalue weighted by Gasteiger charge is 2.30. The molecule has 1 aromatic carbocycles. The smallest absolute Gasteiger partial charge is 0.268 e. The largest absolute Gasteiger partial charge is 0.382 e. The minimum absolute atomic E-state index is 0.128. The topological polar surface area (TPSA) is 68.7 Å². The lowest BCUT2D eigenvalue weighted by molar-refractivity contribution is 0.0754. The summed E-state index contributed by atoms with van der Waals surface area (Å²) in [5.41, 5.74) is 0.825. The van der Waals surface area contributed by atoms with Gasteiger partial charge in [-0.25, -0.2) is 12.7 Å². The van der Waals surface area contributed by atoms with Gasteiger partial charge in [0.15, 0.2) is 5.82 Å². The monoisotopic (exact) mass is 434 g/mol. The molecule has 0 aliphatic carbocycles. The average molecular weight is 435 g/mol. The second-order valence-electron chi connectivity index (χ2n) is 5.00. The normalized spacial score (nSPS) is 11.7. The van der Waals surface area contributed by atoms with Crippen LogP contribution in [0.25, 0.3) is 0 Å². The minimum atomic E-state index is -3.82. The van der Waals surface area contributed by atoms with Gasteiger partial charge in [-0.1, -0.05) is 12.1 Å². The molecule has 0 unspecified atom stereocenters. The van der Waals surface area contributed by atoms with E-state index in [1.165, 1.54) is 15.8 Å². The number of ether oxygens (including phenoxy) is 2. The van der Waals surface area contributed by atoms with Crippen molar-refractivity contribution in [3.63, 3.8) is 0 Å². The standard InChI is InChI=1S/C15H19BrN2O4S2/c1-11-12(2)23-17-15(11)18(10-22-9-8-21-3)24(19,20)14-7-5-4-6-13(14)16/h4-7H,8-10H2,1-3H3. The van der Waals surface area contributed by atoms with E-state index in [-0.39, 0.29) is 11.6 Å². The van der Waals surface area contributed by atoms with Crippen LogP contribution < -0.4 is 4.31 Å². The van der Waals surface area contributed by atoms with E-state index in [2.05, 4.69) is 20.3 Å². The molecule has 0 aliphatic heterocycles. The highest BCUT2D eigenvalue weighted by molar-refractivity contribution is 9.10. The maximum atomic E-state index is 13.1. The Morgan fingerprint density at radius 3 is 2.54 bits per heavy atom. The number of sulfonamides is 1. The molecule has 0 saturated heterocycles. The molecule has 2 rings (SSSR count). The third-order valence-electron chi connectivity index (χ3n) is 3.41. The number of hydrogen-bond donors (Lipinski definition) is 0. The minimum Gasteiger partial charge on any atom is -0.382 e. The van der Waals surface area contributed by atoms with Gasteiger partial charge in [0.2, 0.25) is 0 Å². The van der Waals surface area contributed by atoms with Crippen molar-refractivity contribution in [1.82, 2.24) is 4.37 Å². The number of nitrogens with zero attached hydrogens (tertiary/aromatic N) is 2. The van der Waals surface area contributed by atoms with E-state index >= 15 is 0 Å². The molecule has 0 radical (unpaired) electrons. The molecule has 2 aromatic rings. The fraction of sp³-hybridized carbons (Fsp3) is 0.400. The highest BCUT2D eigenvalue weighted by Crippen LogP contribution is 2.32. The summed E-state index contributed by atoms with van der Waals surface area (Å²) in [5.74, 6) is 0.394. The van der Waals surface area contributed by atoms with Gasteiger partial charge in [0.1, 0.15) is 11.6 Å². The van der Waals surface area contributed by atoms with Crippen molar-refractivity contribution in [2.45, 2.75) is 18.7 Å². The molecule has 0 atom stereocenters. The van der Waals surface area contributed by atoms with E-state index in [9.17, 15) is 8.42 Å². The van der Waals surface area contributed by atoms with Gasteiger partial charge < -0.3 is 9.47 Å². The number of anilines is 1. The number of rotatable bonds is 8. The van der Waals surface area contributed by atoms with Crippen LogP contribution in [0.15, 0.2) is 33.6 Å². The van der Waals surface area contributed by atoms with E-state index < -0.39 is 10.0 Å². The van der Waals surface area contributed by atoms with Crippen LogP contribution >= 0.6 is 27.5 Å². The Kier molecular flexibility index (Phi) is 6.76. The van der Waals surface area contributed by atoms with E-state index in [0.717, 1.165) is 10.4 Å². The molecular formula is C15H19BrN2O4S2. The van der Waals surface area contributed by atoms with Gasteiger partial charge >= 0.3 is 0 Å². The van der Waals surface area contributed by atoms with Crippen LogP contribution in [-0.2, 0) is 19.5 Å². The highest BCUT2D eigenvalue weighted by atomic mass is 79.9. The van der Waals surface area contributed by atoms with Gasteiger partial charge in [0, 0.05) is 22.0 Å². The van der Waals surface area contributed by atoms with E-state index in [4.69, 9.17) is 9.47 Å². The summed E-state index contributed by atoms with van der Waals surface area (Å²) >= 11 is 4.58. The van der Waals surface area contributed by atoms with E-state index in [0.29, 0.717) is 23.5 Å². The maximum Gasteiger partial charge on any atom is 0.268 e. The van der Waals surface area contributed by atoms with Crippen LogP contribution in [0, 0.1) is 13.8 Å². The summed E-state index contributed by atoms with van der Waals surface area (Å²) in [6.45, 7) is 4.31. The van der Waals surface area contributed by atoms with Crippen LogP contribution in [0.2, 0.25) is 0 Å². The lowest BCUT2D eigenvalue weighted by Gasteiger charge is -2.23. The van der Waals surface area contributed by atoms with Crippen molar-refractivity contribution >= 4 is 43.3 Å². The Morgan fingerprint density at radius 2 is 1.96 bits per heavy atom. The summed E-state index contributed by atoms with van der Waals surface area (Å²) in [6, 6.07) is 6.69. The lowest BCUT2D eigenvalue weighted by Crippen LogP contribution is -2.34. The number of methoxy groups -OCH3 is 1. The van der Waals surface area contributed by atoms with Gasteiger partial charge in [-0.05, 0) is 53.4 Å². The first kappa shape index (κ1) is 19.3. The Hall–Kier alpha value is -1.00. The maximum absolute atomic E-state index is 13.1. The quantitative estimate of drug-likeness (QED) is 0.470. The third-order valence-corrected chi connectivity index (χ3v) is 6.98. The Bertz CT molecular complexity index is 793. The van der Waals surface area contributed by atoms with Gasteiger partial charge in [-0.2, -0.15) is 4.37 Å². The summed E-state index contributed by atoms with van der Waals surface area (Å²) in [4.78, 5) is 1.14. The average Bonchev–Trinajstić information content (AvgIpc) is 2.87. The zero-order valence-corrected chi connectivity index (χ0v) is 16.9. The number of aryl methyl sites for hydroxylation is 1. The van der Waals surface area contributed by atoms with Gasteiger partial charge in [0.25, 0.3) is 10.0 Å². The number of halogens is 1. The van der Waals surface area contributed by atoms with Crippen LogP contribution in [0.5, 0.6) is 0 Å². The SMILES string of the molecule is COCCOCN(c1nsc(C)c1C)S(=O)(=O)c1ccccc1Br. The van der Waals surface area contributed by atoms with Crippen molar-refractivity contribution in [3.8, 4) is 0 Å². The molecule has 0 amide bonds. The Labute approximate surface area is 154 Å². The lowest BCUT2D eigenvalue weighted by atomic mass is 10.3. The summed E-state index contributed by atoms with van der Waals surface area (Å²) in [5, 5.41) is 0. The zero-order chi connectivity index (χ0) is 17.7. The second-order valence-corrected chi connectivity index (χ2v) is 8.66. The molecule has 0 N–H and O–H groups in total. The van der Waals surface area contributed by atoms with Gasteiger partial charge in [0.05, 0.1) is 13.2 Å². The number of aromatic nitrogens is 1. The zero-order valence-electron chi connectivity index (χ0n) is 13.7. The molecule has 6 nitrogen and oxygen atoms in total. The summed E-state index contributed by atoms with van der Waals surface area (Å²) in [6.07, 6.45) is 0. The second kappa shape index (κ2) is 8.39. The molecular weight excluding hydrogens is 416 g/mol. The first-order chi connectivity index (χ1) is 11.4. The molecule has 1 heterocycles. The molecule has 1 aromatic heterocycles. The fourth-order valence-electron chi connectivity index (χ4n) is 1.95. The first-order valence-corrected chi connectivity index (χ1v) is 10.2. The van der Waals surface area contributed by atoms with Crippen molar-refractivity contribution in [2.24, 2.45) is 0 Å².